The van der Waals surface area contributed by atoms with Gasteiger partial charge in [0.1, 0.15) is 23.8 Å². The third-order valence-corrected chi connectivity index (χ3v) is 10.6. The number of aromatic nitrogens is 1. The Bertz CT molecular complexity index is 1600. The lowest BCUT2D eigenvalue weighted by Crippen LogP contribution is -2.63. The molecule has 2 aromatic rings. The molecule has 48 heavy (non-hydrogen) atoms. The van der Waals surface area contributed by atoms with Gasteiger partial charge in [-0.25, -0.2) is 4.79 Å². The molecule has 10 heteroatoms. The average molecular weight is 661 g/mol. The lowest BCUT2D eigenvalue weighted by atomic mass is 9.73. The monoisotopic (exact) mass is 660 g/mol. The molecule has 10 nitrogen and oxygen atoms in total. The Morgan fingerprint density at radius 1 is 1.06 bits per heavy atom. The van der Waals surface area contributed by atoms with Gasteiger partial charge in [0.2, 0.25) is 0 Å². The molecule has 0 spiro atoms. The van der Waals surface area contributed by atoms with E-state index in [1.165, 1.54) is 5.56 Å². The van der Waals surface area contributed by atoms with Gasteiger partial charge < -0.3 is 14.2 Å². The first kappa shape index (κ1) is 35.5. The first-order valence-electron chi connectivity index (χ1n) is 17.4. The summed E-state index contributed by atoms with van der Waals surface area (Å²) < 4.78 is 18.6. The summed E-state index contributed by atoms with van der Waals surface area (Å²) in [5.41, 5.74) is 2.17. The second-order valence-corrected chi connectivity index (χ2v) is 14.5. The van der Waals surface area contributed by atoms with Crippen molar-refractivity contribution in [3.8, 4) is 0 Å². The number of nitrogens with zero attached hydrogens (tertiary/aromatic N) is 4. The molecule has 5 rings (SSSR count). The SMILES string of the molecule is CC[C@H]1OC(=O)[C@H](C)C(=O)[C@H](C)C[C@](C=C(C)C)(OC)C[C@@H](C)C2=NN(CCCc3ccnc4ccccc34)N3C(=O)O[C@@]1(C)[C@H]3[C@H]2C. The molecule has 0 unspecified atom stereocenters. The summed E-state index contributed by atoms with van der Waals surface area (Å²) in [5, 5.41) is 9.71. The summed E-state index contributed by atoms with van der Waals surface area (Å²) >= 11 is 0. The summed E-state index contributed by atoms with van der Waals surface area (Å²) in [6.45, 7) is 16.0. The lowest BCUT2D eigenvalue weighted by Gasteiger charge is -2.47. The summed E-state index contributed by atoms with van der Waals surface area (Å²) in [7, 11) is 1.68. The maximum absolute atomic E-state index is 13.8. The van der Waals surface area contributed by atoms with Crippen molar-refractivity contribution in [2.45, 2.75) is 111 Å². The minimum absolute atomic E-state index is 0.0745. The number of cyclic esters (lactones) is 1. The van der Waals surface area contributed by atoms with Crippen LogP contribution in [-0.4, -0.2) is 75.7 Å². The predicted molar refractivity (Wildman–Crippen MR) is 185 cm³/mol. The molecule has 8 atom stereocenters. The first-order valence-corrected chi connectivity index (χ1v) is 17.4. The van der Waals surface area contributed by atoms with Gasteiger partial charge in [-0.2, -0.15) is 15.2 Å². The van der Waals surface area contributed by atoms with Crippen LogP contribution in [0.5, 0.6) is 0 Å². The zero-order valence-corrected chi connectivity index (χ0v) is 30.0. The van der Waals surface area contributed by atoms with Crippen molar-refractivity contribution in [2.75, 3.05) is 13.7 Å². The summed E-state index contributed by atoms with van der Waals surface area (Å²) in [6.07, 6.45) is 5.54. The van der Waals surface area contributed by atoms with E-state index in [1.807, 2.05) is 65.1 Å². The first-order chi connectivity index (χ1) is 22.7. The molecule has 0 aliphatic carbocycles. The Morgan fingerprint density at radius 2 is 1.77 bits per heavy atom. The molecule has 1 amide bonds. The average Bonchev–Trinajstić information content (AvgIpc) is 3.33. The molecule has 260 valence electrons. The molecule has 2 bridgehead atoms. The fourth-order valence-corrected chi connectivity index (χ4v) is 8.36. The number of benzene rings is 1. The number of methoxy groups -OCH3 is 1. The van der Waals surface area contributed by atoms with Crippen molar-refractivity contribution in [1.29, 1.82) is 0 Å². The number of hydrogen-bond donors (Lipinski definition) is 0. The van der Waals surface area contributed by atoms with E-state index >= 15 is 0 Å². The normalized spacial score (nSPS) is 32.8. The van der Waals surface area contributed by atoms with Crippen LogP contribution < -0.4 is 0 Å². The number of Topliss-reactive ketones (excluding diaryl/α,β-unsaturated/α-hetero) is 1. The Labute approximate surface area is 284 Å². The van der Waals surface area contributed by atoms with E-state index in [9.17, 15) is 14.4 Å². The fourth-order valence-electron chi connectivity index (χ4n) is 8.36. The van der Waals surface area contributed by atoms with Gasteiger partial charge in [-0.3, -0.25) is 14.6 Å². The number of carbonyl (C=O) groups is 3. The highest BCUT2D eigenvalue weighted by Crippen LogP contribution is 2.45. The molecule has 2 fully saturated rings. The fraction of sp³-hybridized carbons (Fsp3) is 0.605. The number of hydrazine groups is 1. The van der Waals surface area contributed by atoms with Crippen molar-refractivity contribution in [3.63, 3.8) is 0 Å². The van der Waals surface area contributed by atoms with Crippen LogP contribution >= 0.6 is 0 Å². The molecular formula is C38H52N4O6. The van der Waals surface area contributed by atoms with Crippen LogP contribution in [0.4, 0.5) is 4.79 Å². The Kier molecular flexibility index (Phi) is 10.3. The second-order valence-electron chi connectivity index (χ2n) is 14.5. The van der Waals surface area contributed by atoms with Crippen molar-refractivity contribution < 1.29 is 28.6 Å². The van der Waals surface area contributed by atoms with Crippen molar-refractivity contribution in [2.24, 2.45) is 28.8 Å². The molecule has 1 aromatic carbocycles. The van der Waals surface area contributed by atoms with Gasteiger partial charge in [0, 0.05) is 36.2 Å². The smallest absolute Gasteiger partial charge is 0.431 e. The number of pyridine rings is 1. The zero-order chi connectivity index (χ0) is 35.0. The van der Waals surface area contributed by atoms with Crippen molar-refractivity contribution in [3.05, 3.63) is 53.7 Å². The molecule has 3 aliphatic rings. The summed E-state index contributed by atoms with van der Waals surface area (Å²) in [5.74, 6) is -2.54. The summed E-state index contributed by atoms with van der Waals surface area (Å²) in [6, 6.07) is 9.66. The van der Waals surface area contributed by atoms with Gasteiger partial charge in [0.25, 0.3) is 0 Å². The standard InChI is InChI=1S/C38H52N4O6/c1-10-31-37(8)34-26(6)32(24(4)21-38(46-9,20-23(2)3)22-25(5)33(43)27(7)35(44)47-31)40-41(42(34)36(45)48-37)19-13-14-28-17-18-39-30-16-12-11-15-29(28)30/h11-12,15-18,20,24-27,31,34H,10,13-14,19,21-22H2,1-9H3/t24-,25-,26+,27-,31-,34-,37-,38-/m1/s1. The van der Waals surface area contributed by atoms with E-state index in [0.29, 0.717) is 25.8 Å². The van der Waals surface area contributed by atoms with E-state index in [0.717, 1.165) is 35.0 Å². The number of carbonyl (C=O) groups excluding carboxylic acids is 3. The molecule has 3 aliphatic heterocycles. The number of hydrazone groups is 1. The van der Waals surface area contributed by atoms with Gasteiger partial charge >= 0.3 is 12.1 Å². The molecule has 2 saturated heterocycles. The van der Waals surface area contributed by atoms with E-state index in [2.05, 4.69) is 31.0 Å². The van der Waals surface area contributed by atoms with Gasteiger partial charge in [0.15, 0.2) is 5.60 Å². The zero-order valence-electron chi connectivity index (χ0n) is 30.0. The lowest BCUT2D eigenvalue weighted by molar-refractivity contribution is -0.172. The van der Waals surface area contributed by atoms with E-state index in [-0.39, 0.29) is 17.6 Å². The third-order valence-electron chi connectivity index (χ3n) is 10.6. The number of ether oxygens (including phenoxy) is 3. The van der Waals surface area contributed by atoms with Crippen molar-refractivity contribution >= 4 is 34.5 Å². The van der Waals surface area contributed by atoms with Crippen LogP contribution in [-0.2, 0) is 30.2 Å². The van der Waals surface area contributed by atoms with Crippen LogP contribution in [0, 0.1) is 23.7 Å². The van der Waals surface area contributed by atoms with Crippen LogP contribution in [0.3, 0.4) is 0 Å². The molecule has 4 heterocycles. The Balaban J connectivity index is 1.57. The minimum atomic E-state index is -1.18. The van der Waals surface area contributed by atoms with Gasteiger partial charge in [0.05, 0.1) is 17.7 Å². The van der Waals surface area contributed by atoms with Gasteiger partial charge in [-0.05, 0) is 83.4 Å². The number of hydrogen-bond acceptors (Lipinski definition) is 9. The summed E-state index contributed by atoms with van der Waals surface area (Å²) in [4.78, 5) is 45.6. The quantitative estimate of drug-likeness (QED) is 0.179. The third kappa shape index (κ3) is 6.60. The largest absolute Gasteiger partial charge is 0.457 e. The number of aryl methyl sites for hydroxylation is 1. The Hall–Kier alpha value is -3.79. The molecular weight excluding hydrogens is 608 g/mol. The van der Waals surface area contributed by atoms with Crippen molar-refractivity contribution in [1.82, 2.24) is 15.1 Å². The molecule has 0 N–H and O–H groups in total. The van der Waals surface area contributed by atoms with Crippen LogP contribution in [0.25, 0.3) is 10.9 Å². The van der Waals surface area contributed by atoms with E-state index in [1.54, 1.807) is 24.2 Å². The highest BCUT2D eigenvalue weighted by molar-refractivity contribution is 6.00. The predicted octanol–water partition coefficient (Wildman–Crippen LogP) is 6.91. The van der Waals surface area contributed by atoms with Crippen LogP contribution in [0.1, 0.15) is 86.6 Å². The number of para-hydroxylation sites is 1. The van der Waals surface area contributed by atoms with E-state index in [4.69, 9.17) is 19.3 Å². The maximum Gasteiger partial charge on any atom is 0.431 e. The maximum atomic E-state index is 13.8. The number of allylic oxidation sites excluding steroid dienone is 1. The Morgan fingerprint density at radius 3 is 2.46 bits per heavy atom. The number of amides is 1. The molecule has 0 radical (unpaired) electrons. The topological polar surface area (TPSA) is 111 Å². The highest BCUT2D eigenvalue weighted by atomic mass is 16.6. The number of ketones is 1. The minimum Gasteiger partial charge on any atom is -0.457 e. The molecule has 0 saturated carbocycles. The number of fused-ring (bicyclic) bond motifs is 2. The number of esters is 1. The van der Waals surface area contributed by atoms with Crippen LogP contribution in [0.2, 0.25) is 0 Å². The molecule has 1 aromatic heterocycles. The van der Waals surface area contributed by atoms with Gasteiger partial charge in [-0.1, -0.05) is 57.5 Å². The highest BCUT2D eigenvalue weighted by Gasteiger charge is 2.62. The number of rotatable bonds is 7. The second kappa shape index (κ2) is 14.0. The van der Waals surface area contributed by atoms with Gasteiger partial charge in [-0.15, -0.1) is 0 Å². The van der Waals surface area contributed by atoms with Crippen LogP contribution in [0.15, 0.2) is 53.3 Å². The van der Waals surface area contributed by atoms with E-state index < -0.39 is 47.2 Å².